The smallest absolute Gasteiger partial charge is 0.165 e. The van der Waals surface area contributed by atoms with Crippen molar-refractivity contribution in [1.29, 1.82) is 0 Å². The third-order valence-corrected chi connectivity index (χ3v) is 4.47. The minimum Gasteiger partial charge on any atom is -0.493 e. The normalized spacial score (nSPS) is 21.0. The van der Waals surface area contributed by atoms with Crippen molar-refractivity contribution in [3.05, 3.63) is 59.4 Å². The summed E-state index contributed by atoms with van der Waals surface area (Å²) in [5, 5.41) is 10.1. The first-order valence-corrected chi connectivity index (χ1v) is 7.99. The average Bonchev–Trinajstić information content (AvgIpc) is 2.95. The molecule has 5 heteroatoms. The molecule has 0 spiro atoms. The van der Waals surface area contributed by atoms with Gasteiger partial charge in [-0.1, -0.05) is 24.3 Å². The number of likely N-dealkylation sites (tertiary alicyclic amines) is 1. The highest BCUT2D eigenvalue weighted by atomic mass is 19.1. The van der Waals surface area contributed by atoms with E-state index in [0.29, 0.717) is 31.0 Å². The zero-order valence-electron chi connectivity index (χ0n) is 13.9. The number of hydrogen-bond donors (Lipinski definition) is 1. The van der Waals surface area contributed by atoms with Crippen LogP contribution in [-0.2, 0) is 6.54 Å². The molecule has 0 radical (unpaired) electrons. The molecule has 2 aromatic carbocycles. The lowest BCUT2D eigenvalue weighted by molar-refractivity contribution is 0.172. The Kier molecular flexibility index (Phi) is 5.02. The molecule has 0 bridgehead atoms. The van der Waals surface area contributed by atoms with Crippen molar-refractivity contribution in [3.8, 4) is 11.5 Å². The van der Waals surface area contributed by atoms with Crippen molar-refractivity contribution in [3.63, 3.8) is 0 Å². The molecule has 0 unspecified atom stereocenters. The van der Waals surface area contributed by atoms with Gasteiger partial charge in [0, 0.05) is 24.7 Å². The van der Waals surface area contributed by atoms with Gasteiger partial charge in [-0.2, -0.15) is 0 Å². The van der Waals surface area contributed by atoms with Gasteiger partial charge in [0.25, 0.3) is 0 Å². The minimum atomic E-state index is -0.421. The molecule has 3 rings (SSSR count). The van der Waals surface area contributed by atoms with Crippen molar-refractivity contribution in [2.24, 2.45) is 0 Å². The van der Waals surface area contributed by atoms with Crippen LogP contribution >= 0.6 is 0 Å². The van der Waals surface area contributed by atoms with E-state index < -0.39 is 6.10 Å². The molecule has 1 aliphatic rings. The summed E-state index contributed by atoms with van der Waals surface area (Å²) >= 11 is 0. The molecule has 4 nitrogen and oxygen atoms in total. The lowest BCUT2D eigenvalue weighted by Crippen LogP contribution is -2.24. The quantitative estimate of drug-likeness (QED) is 0.914. The molecule has 0 saturated carbocycles. The molecular weight excluding hydrogens is 309 g/mol. The zero-order chi connectivity index (χ0) is 17.1. The van der Waals surface area contributed by atoms with E-state index in [4.69, 9.17) is 9.47 Å². The number of methoxy groups -OCH3 is 2. The predicted octanol–water partition coefficient (Wildman–Crippen LogP) is 3.15. The van der Waals surface area contributed by atoms with Crippen molar-refractivity contribution < 1.29 is 19.0 Å². The molecule has 0 amide bonds. The SMILES string of the molecule is COc1cccc(CN2C[C@H](O)C[C@H]2c2cccc(F)c2)c1OC. The van der Waals surface area contributed by atoms with Gasteiger partial charge < -0.3 is 14.6 Å². The first-order chi connectivity index (χ1) is 11.6. The molecule has 1 N–H and O–H groups in total. The van der Waals surface area contributed by atoms with Crippen LogP contribution in [0.2, 0.25) is 0 Å². The summed E-state index contributed by atoms with van der Waals surface area (Å²) < 4.78 is 24.4. The molecule has 1 aliphatic heterocycles. The van der Waals surface area contributed by atoms with Crippen LogP contribution in [-0.4, -0.2) is 36.9 Å². The van der Waals surface area contributed by atoms with Gasteiger partial charge in [-0.05, 0) is 30.2 Å². The van der Waals surface area contributed by atoms with Crippen molar-refractivity contribution in [1.82, 2.24) is 4.90 Å². The van der Waals surface area contributed by atoms with E-state index in [9.17, 15) is 9.50 Å². The zero-order valence-corrected chi connectivity index (χ0v) is 13.9. The number of ether oxygens (including phenoxy) is 2. The molecule has 0 aromatic heterocycles. The highest BCUT2D eigenvalue weighted by Crippen LogP contribution is 2.37. The van der Waals surface area contributed by atoms with E-state index in [1.165, 1.54) is 6.07 Å². The number of rotatable bonds is 5. The van der Waals surface area contributed by atoms with E-state index in [0.717, 1.165) is 11.1 Å². The average molecular weight is 331 g/mol. The van der Waals surface area contributed by atoms with Crippen LogP contribution in [0.4, 0.5) is 4.39 Å². The van der Waals surface area contributed by atoms with Gasteiger partial charge >= 0.3 is 0 Å². The second-order valence-electron chi connectivity index (χ2n) is 6.04. The fourth-order valence-electron chi connectivity index (χ4n) is 3.41. The van der Waals surface area contributed by atoms with Crippen LogP contribution in [0.25, 0.3) is 0 Å². The van der Waals surface area contributed by atoms with Crippen LogP contribution < -0.4 is 9.47 Å². The van der Waals surface area contributed by atoms with Crippen molar-refractivity contribution >= 4 is 0 Å². The van der Waals surface area contributed by atoms with Gasteiger partial charge in [0.2, 0.25) is 0 Å². The molecule has 0 aliphatic carbocycles. The highest BCUT2D eigenvalue weighted by molar-refractivity contribution is 5.46. The van der Waals surface area contributed by atoms with E-state index in [1.54, 1.807) is 26.4 Å². The molecule has 24 heavy (non-hydrogen) atoms. The number of nitrogens with zero attached hydrogens (tertiary/aromatic N) is 1. The summed E-state index contributed by atoms with van der Waals surface area (Å²) in [4.78, 5) is 2.15. The van der Waals surface area contributed by atoms with E-state index in [1.807, 2.05) is 24.3 Å². The standard InChI is InChI=1S/C19H22FNO3/c1-23-18-8-4-6-14(19(18)24-2)11-21-12-16(22)10-17(21)13-5-3-7-15(20)9-13/h3-9,16-17,22H,10-12H2,1-2H3/t16-,17+/m1/s1. The van der Waals surface area contributed by atoms with Crippen LogP contribution in [0, 0.1) is 5.82 Å². The van der Waals surface area contributed by atoms with Crippen molar-refractivity contribution in [2.45, 2.75) is 25.1 Å². The monoisotopic (exact) mass is 331 g/mol. The Hall–Kier alpha value is -2.11. The summed E-state index contributed by atoms with van der Waals surface area (Å²) in [7, 11) is 3.22. The van der Waals surface area contributed by atoms with Crippen LogP contribution in [0.5, 0.6) is 11.5 Å². The van der Waals surface area contributed by atoms with Gasteiger partial charge in [-0.3, -0.25) is 4.90 Å². The Morgan fingerprint density at radius 1 is 1.17 bits per heavy atom. The number of halogens is 1. The lowest BCUT2D eigenvalue weighted by Gasteiger charge is -2.25. The second kappa shape index (κ2) is 7.20. The summed E-state index contributed by atoms with van der Waals surface area (Å²) in [5.41, 5.74) is 1.86. The summed E-state index contributed by atoms with van der Waals surface area (Å²) in [6.07, 6.45) is 0.172. The highest BCUT2D eigenvalue weighted by Gasteiger charge is 2.32. The molecule has 1 heterocycles. The molecule has 2 aromatic rings. The third-order valence-electron chi connectivity index (χ3n) is 4.47. The second-order valence-corrected chi connectivity index (χ2v) is 6.04. The molecular formula is C19H22FNO3. The first-order valence-electron chi connectivity index (χ1n) is 7.99. The van der Waals surface area contributed by atoms with Gasteiger partial charge in [0.05, 0.1) is 20.3 Å². The third kappa shape index (κ3) is 3.37. The van der Waals surface area contributed by atoms with E-state index in [-0.39, 0.29) is 11.9 Å². The summed E-state index contributed by atoms with van der Waals surface area (Å²) in [6, 6.07) is 12.3. The lowest BCUT2D eigenvalue weighted by atomic mass is 10.0. The van der Waals surface area contributed by atoms with Gasteiger partial charge in [-0.15, -0.1) is 0 Å². The Morgan fingerprint density at radius 3 is 2.67 bits per heavy atom. The number of hydrogen-bond acceptors (Lipinski definition) is 4. The predicted molar refractivity (Wildman–Crippen MR) is 89.7 cm³/mol. The number of aliphatic hydroxyl groups excluding tert-OH is 1. The summed E-state index contributed by atoms with van der Waals surface area (Å²) in [5.74, 6) is 1.12. The number of benzene rings is 2. The van der Waals surface area contributed by atoms with Crippen LogP contribution in [0.1, 0.15) is 23.6 Å². The maximum atomic E-state index is 13.6. The topological polar surface area (TPSA) is 41.9 Å². The fraction of sp³-hybridized carbons (Fsp3) is 0.368. The van der Waals surface area contributed by atoms with Gasteiger partial charge in [0.1, 0.15) is 5.82 Å². The molecule has 128 valence electrons. The van der Waals surface area contributed by atoms with Crippen LogP contribution in [0.3, 0.4) is 0 Å². The Labute approximate surface area is 141 Å². The molecule has 2 atom stereocenters. The largest absolute Gasteiger partial charge is 0.493 e. The molecule has 1 saturated heterocycles. The Bertz CT molecular complexity index is 707. The van der Waals surface area contributed by atoms with Gasteiger partial charge in [-0.25, -0.2) is 4.39 Å². The maximum Gasteiger partial charge on any atom is 0.165 e. The summed E-state index contributed by atoms with van der Waals surface area (Å²) in [6.45, 7) is 1.14. The van der Waals surface area contributed by atoms with Gasteiger partial charge in [0.15, 0.2) is 11.5 Å². The number of β-amino-alcohol motifs (C(OH)–C–C–N with tert-alkyl or cyclic N) is 1. The number of aliphatic hydroxyl groups is 1. The first kappa shape index (κ1) is 16.7. The van der Waals surface area contributed by atoms with Crippen molar-refractivity contribution in [2.75, 3.05) is 20.8 Å². The Balaban J connectivity index is 1.88. The maximum absolute atomic E-state index is 13.6. The minimum absolute atomic E-state index is 0.0217. The van der Waals surface area contributed by atoms with Crippen LogP contribution in [0.15, 0.2) is 42.5 Å². The van der Waals surface area contributed by atoms with E-state index >= 15 is 0 Å². The fourth-order valence-corrected chi connectivity index (χ4v) is 3.41. The number of para-hydroxylation sites is 1. The molecule has 1 fully saturated rings. The Morgan fingerprint density at radius 2 is 1.96 bits per heavy atom. The van der Waals surface area contributed by atoms with E-state index in [2.05, 4.69) is 4.90 Å².